The smallest absolute Gasteiger partial charge is 0.310 e. The SMILES string of the molecule is Cc1ccc(SCCNC(=O)COC(=O)Cc2c(C)nc3ncnn3c2C)cc1. The average molecular weight is 414 g/mol. The van der Waals surface area contributed by atoms with Crippen LogP contribution in [0.3, 0.4) is 0 Å². The molecular weight excluding hydrogens is 390 g/mol. The van der Waals surface area contributed by atoms with Crippen molar-refractivity contribution in [2.45, 2.75) is 32.1 Å². The zero-order valence-electron chi connectivity index (χ0n) is 16.6. The number of rotatable bonds is 8. The van der Waals surface area contributed by atoms with Crippen LogP contribution >= 0.6 is 11.8 Å². The summed E-state index contributed by atoms with van der Waals surface area (Å²) in [7, 11) is 0. The van der Waals surface area contributed by atoms with Crippen molar-refractivity contribution in [3.05, 3.63) is 53.1 Å². The number of aryl methyl sites for hydroxylation is 3. The lowest BCUT2D eigenvalue weighted by molar-refractivity contribution is -0.147. The predicted molar refractivity (Wildman–Crippen MR) is 110 cm³/mol. The summed E-state index contributed by atoms with van der Waals surface area (Å²) in [6.07, 6.45) is 1.44. The van der Waals surface area contributed by atoms with Gasteiger partial charge in [0.1, 0.15) is 6.33 Å². The molecule has 29 heavy (non-hydrogen) atoms. The van der Waals surface area contributed by atoms with Gasteiger partial charge in [-0.05, 0) is 32.9 Å². The lowest BCUT2D eigenvalue weighted by atomic mass is 10.1. The minimum atomic E-state index is -0.485. The van der Waals surface area contributed by atoms with E-state index in [1.54, 1.807) is 16.3 Å². The number of fused-ring (bicyclic) bond motifs is 1. The summed E-state index contributed by atoms with van der Waals surface area (Å²) in [6.45, 7) is 5.90. The topological polar surface area (TPSA) is 98.5 Å². The van der Waals surface area contributed by atoms with Crippen LogP contribution in [0.1, 0.15) is 22.5 Å². The Morgan fingerprint density at radius 1 is 1.17 bits per heavy atom. The van der Waals surface area contributed by atoms with E-state index in [0.29, 0.717) is 18.0 Å². The Morgan fingerprint density at radius 3 is 2.69 bits per heavy atom. The van der Waals surface area contributed by atoms with E-state index in [9.17, 15) is 9.59 Å². The molecule has 2 aromatic heterocycles. The fraction of sp³-hybridized carbons (Fsp3) is 0.350. The van der Waals surface area contributed by atoms with Gasteiger partial charge < -0.3 is 10.1 Å². The Bertz CT molecular complexity index is 1020. The number of thioether (sulfide) groups is 1. The molecule has 152 valence electrons. The Morgan fingerprint density at radius 2 is 1.93 bits per heavy atom. The normalized spacial score (nSPS) is 10.9. The molecule has 0 aliphatic rings. The summed E-state index contributed by atoms with van der Waals surface area (Å²) < 4.78 is 6.69. The van der Waals surface area contributed by atoms with Gasteiger partial charge in [0.15, 0.2) is 6.61 Å². The van der Waals surface area contributed by atoms with Crippen LogP contribution in [0.5, 0.6) is 0 Å². The fourth-order valence-electron chi connectivity index (χ4n) is 2.80. The molecule has 0 unspecified atom stereocenters. The first kappa shape index (κ1) is 20.8. The molecule has 1 N–H and O–H groups in total. The number of carbonyl (C=O) groups excluding carboxylic acids is 2. The van der Waals surface area contributed by atoms with Crippen LogP contribution in [0.15, 0.2) is 35.5 Å². The molecule has 0 aliphatic heterocycles. The zero-order valence-corrected chi connectivity index (χ0v) is 17.5. The second kappa shape index (κ2) is 9.51. The van der Waals surface area contributed by atoms with E-state index < -0.39 is 5.97 Å². The highest BCUT2D eigenvalue weighted by atomic mass is 32.2. The molecule has 0 bridgehead atoms. The van der Waals surface area contributed by atoms with Crippen molar-refractivity contribution < 1.29 is 14.3 Å². The highest BCUT2D eigenvalue weighted by Crippen LogP contribution is 2.17. The second-order valence-electron chi connectivity index (χ2n) is 6.58. The van der Waals surface area contributed by atoms with Gasteiger partial charge in [-0.2, -0.15) is 10.1 Å². The predicted octanol–water partition coefficient (Wildman–Crippen LogP) is 2.04. The number of amides is 1. The van der Waals surface area contributed by atoms with Crippen molar-refractivity contribution >= 4 is 29.4 Å². The number of hydrogen-bond acceptors (Lipinski definition) is 7. The van der Waals surface area contributed by atoms with E-state index in [4.69, 9.17) is 4.74 Å². The maximum atomic E-state index is 12.2. The Hall–Kier alpha value is -2.94. The van der Waals surface area contributed by atoms with Gasteiger partial charge in [-0.1, -0.05) is 17.7 Å². The third-order valence-electron chi connectivity index (χ3n) is 4.39. The highest BCUT2D eigenvalue weighted by molar-refractivity contribution is 7.99. The van der Waals surface area contributed by atoms with Crippen molar-refractivity contribution in [3.63, 3.8) is 0 Å². The molecule has 0 aliphatic carbocycles. The molecule has 8 nitrogen and oxygen atoms in total. The Labute approximate surface area is 173 Å². The van der Waals surface area contributed by atoms with Crippen molar-refractivity contribution in [1.82, 2.24) is 24.9 Å². The molecule has 0 radical (unpaired) electrons. The van der Waals surface area contributed by atoms with Gasteiger partial charge in [0.25, 0.3) is 11.7 Å². The number of ether oxygens (including phenoxy) is 1. The number of carbonyl (C=O) groups is 2. The number of benzene rings is 1. The highest BCUT2D eigenvalue weighted by Gasteiger charge is 2.16. The van der Waals surface area contributed by atoms with Gasteiger partial charge in [0, 0.05) is 34.1 Å². The molecule has 0 saturated carbocycles. The van der Waals surface area contributed by atoms with Crippen molar-refractivity contribution in [1.29, 1.82) is 0 Å². The van der Waals surface area contributed by atoms with Gasteiger partial charge in [-0.15, -0.1) is 11.8 Å². The van der Waals surface area contributed by atoms with Gasteiger partial charge in [-0.3, -0.25) is 9.59 Å². The standard InChI is InChI=1S/C20H23N5O3S/c1-13-4-6-16(7-5-13)29-9-8-21-18(26)11-28-19(27)10-17-14(2)24-20-22-12-23-25(20)15(17)3/h4-7,12H,8-11H2,1-3H3,(H,21,26). The monoisotopic (exact) mass is 413 g/mol. The molecule has 2 heterocycles. The molecule has 3 rings (SSSR count). The third-order valence-corrected chi connectivity index (χ3v) is 5.40. The first-order valence-corrected chi connectivity index (χ1v) is 10.2. The number of nitrogens with one attached hydrogen (secondary N) is 1. The Balaban J connectivity index is 1.41. The molecule has 3 aromatic rings. The minimum absolute atomic E-state index is 0.0248. The van der Waals surface area contributed by atoms with Crippen LogP contribution in [0, 0.1) is 20.8 Å². The first-order chi connectivity index (χ1) is 13.9. The molecule has 0 atom stereocenters. The van der Waals surface area contributed by atoms with Gasteiger partial charge in [0.05, 0.1) is 6.42 Å². The largest absolute Gasteiger partial charge is 0.455 e. The van der Waals surface area contributed by atoms with E-state index in [-0.39, 0.29) is 18.9 Å². The molecule has 0 saturated heterocycles. The minimum Gasteiger partial charge on any atom is -0.455 e. The lowest BCUT2D eigenvalue weighted by Crippen LogP contribution is -2.30. The van der Waals surface area contributed by atoms with Gasteiger partial charge in [0.2, 0.25) is 0 Å². The maximum absolute atomic E-state index is 12.2. The quantitative estimate of drug-likeness (QED) is 0.343. The summed E-state index contributed by atoms with van der Waals surface area (Å²) in [5, 5.41) is 6.85. The zero-order chi connectivity index (χ0) is 20.8. The van der Waals surface area contributed by atoms with Crippen LogP contribution in [0.2, 0.25) is 0 Å². The van der Waals surface area contributed by atoms with Gasteiger partial charge in [-0.25, -0.2) is 9.50 Å². The van der Waals surface area contributed by atoms with Crippen LogP contribution in [-0.4, -0.2) is 50.4 Å². The fourth-order valence-corrected chi connectivity index (χ4v) is 3.57. The summed E-state index contributed by atoms with van der Waals surface area (Å²) >= 11 is 1.66. The van der Waals surface area contributed by atoms with Crippen molar-refractivity contribution in [2.24, 2.45) is 0 Å². The molecule has 0 spiro atoms. The second-order valence-corrected chi connectivity index (χ2v) is 7.75. The molecule has 0 fully saturated rings. The average Bonchev–Trinajstić information content (AvgIpc) is 3.17. The van der Waals surface area contributed by atoms with E-state index in [2.05, 4.69) is 44.6 Å². The van der Waals surface area contributed by atoms with E-state index in [1.165, 1.54) is 11.9 Å². The van der Waals surface area contributed by atoms with E-state index in [0.717, 1.165) is 21.9 Å². The number of nitrogens with zero attached hydrogens (tertiary/aromatic N) is 4. The summed E-state index contributed by atoms with van der Waals surface area (Å²) in [5.74, 6) is 0.424. The van der Waals surface area contributed by atoms with Crippen LogP contribution in [0.4, 0.5) is 0 Å². The number of aromatic nitrogens is 4. The van der Waals surface area contributed by atoms with E-state index in [1.807, 2.05) is 20.8 Å². The van der Waals surface area contributed by atoms with Crippen LogP contribution in [-0.2, 0) is 20.7 Å². The number of hydrogen-bond donors (Lipinski definition) is 1. The molecule has 9 heteroatoms. The molecule has 1 aromatic carbocycles. The maximum Gasteiger partial charge on any atom is 0.310 e. The van der Waals surface area contributed by atoms with Gasteiger partial charge >= 0.3 is 5.97 Å². The van der Waals surface area contributed by atoms with Crippen LogP contribution < -0.4 is 5.32 Å². The lowest BCUT2D eigenvalue weighted by Gasteiger charge is -2.10. The first-order valence-electron chi connectivity index (χ1n) is 9.21. The Kier molecular flexibility index (Phi) is 6.82. The van der Waals surface area contributed by atoms with E-state index >= 15 is 0 Å². The summed E-state index contributed by atoms with van der Waals surface area (Å²) in [6, 6.07) is 8.22. The third kappa shape index (κ3) is 5.54. The number of esters is 1. The van der Waals surface area contributed by atoms with Crippen molar-refractivity contribution in [3.8, 4) is 0 Å². The summed E-state index contributed by atoms with van der Waals surface area (Å²) in [5.41, 5.74) is 3.41. The molecule has 1 amide bonds. The van der Waals surface area contributed by atoms with Crippen molar-refractivity contribution in [2.75, 3.05) is 18.9 Å². The molecular formula is C20H23N5O3S. The summed E-state index contributed by atoms with van der Waals surface area (Å²) in [4.78, 5) is 33.6. The van der Waals surface area contributed by atoms with Crippen LogP contribution in [0.25, 0.3) is 5.78 Å².